The second-order valence-electron chi connectivity index (χ2n) is 3.35. The number of hydrogen-bond donors (Lipinski definition) is 1. The second-order valence-corrected chi connectivity index (χ2v) is 3.72. The number of aromatic hydroxyl groups is 1. The predicted octanol–water partition coefficient (Wildman–Crippen LogP) is 2.47. The maximum Gasteiger partial charge on any atom is 0.347 e. The summed E-state index contributed by atoms with van der Waals surface area (Å²) in [5.74, 6) is 0.536. The van der Waals surface area contributed by atoms with Crippen LogP contribution in [0.15, 0.2) is 21.3 Å². The minimum absolute atomic E-state index is 0.0661. The van der Waals surface area contributed by atoms with Crippen LogP contribution in [-0.4, -0.2) is 12.2 Å². The molecule has 0 atom stereocenters. The highest BCUT2D eigenvalue weighted by Gasteiger charge is 2.15. The van der Waals surface area contributed by atoms with Gasteiger partial charge in [0, 0.05) is 11.5 Å². The van der Waals surface area contributed by atoms with E-state index in [9.17, 15) is 9.90 Å². The van der Waals surface area contributed by atoms with Gasteiger partial charge in [0.25, 0.3) is 0 Å². The molecule has 0 aliphatic carbocycles. The Hall–Kier alpha value is -1.68. The molecule has 0 bridgehead atoms. The Morgan fingerprint density at radius 3 is 2.75 bits per heavy atom. The van der Waals surface area contributed by atoms with E-state index in [4.69, 9.17) is 20.8 Å². The molecule has 1 aromatic carbocycles. The van der Waals surface area contributed by atoms with E-state index in [1.165, 1.54) is 13.2 Å². The fraction of sp³-hybridized carbons (Fsp3) is 0.182. The van der Waals surface area contributed by atoms with Crippen molar-refractivity contribution in [3.63, 3.8) is 0 Å². The van der Waals surface area contributed by atoms with Crippen LogP contribution in [0.5, 0.6) is 11.5 Å². The first-order chi connectivity index (χ1) is 7.54. The van der Waals surface area contributed by atoms with E-state index < -0.39 is 5.63 Å². The number of rotatable bonds is 1. The summed E-state index contributed by atoms with van der Waals surface area (Å²) in [5.41, 5.74) is -0.614. The summed E-state index contributed by atoms with van der Waals surface area (Å²) in [4.78, 5) is 11.5. The van der Waals surface area contributed by atoms with Gasteiger partial charge in [0.1, 0.15) is 22.6 Å². The molecule has 0 unspecified atom stereocenters. The number of halogens is 1. The van der Waals surface area contributed by atoms with Gasteiger partial charge in [-0.1, -0.05) is 11.6 Å². The molecule has 0 saturated carbocycles. The summed E-state index contributed by atoms with van der Waals surface area (Å²) in [6.45, 7) is 1.63. The largest absolute Gasteiger partial charge is 0.507 e. The van der Waals surface area contributed by atoms with E-state index in [0.717, 1.165) is 0 Å². The maximum atomic E-state index is 11.5. The first-order valence-corrected chi connectivity index (χ1v) is 4.92. The van der Waals surface area contributed by atoms with Crippen LogP contribution in [-0.2, 0) is 0 Å². The minimum Gasteiger partial charge on any atom is -0.507 e. The average molecular weight is 241 g/mol. The fourth-order valence-electron chi connectivity index (χ4n) is 1.57. The predicted molar refractivity (Wildman–Crippen MR) is 60.4 cm³/mol. The van der Waals surface area contributed by atoms with E-state index >= 15 is 0 Å². The summed E-state index contributed by atoms with van der Waals surface area (Å²) in [6, 6.07) is 2.87. The molecule has 4 nitrogen and oxygen atoms in total. The molecule has 0 saturated heterocycles. The molecule has 1 heterocycles. The molecular weight excluding hydrogens is 232 g/mol. The topological polar surface area (TPSA) is 59.7 Å². The molecule has 1 N–H and O–H groups in total. The Morgan fingerprint density at radius 1 is 1.44 bits per heavy atom. The Balaban J connectivity index is 3.02. The SMILES string of the molecule is COc1cc(O)c2c(=O)oc(C)cc2c1Cl. The molecular formula is C11H9ClO4. The lowest BCUT2D eigenvalue weighted by Gasteiger charge is -2.07. The van der Waals surface area contributed by atoms with E-state index in [1.807, 2.05) is 0 Å². The van der Waals surface area contributed by atoms with Crippen molar-refractivity contribution in [3.8, 4) is 11.5 Å². The van der Waals surface area contributed by atoms with Gasteiger partial charge < -0.3 is 14.3 Å². The van der Waals surface area contributed by atoms with Gasteiger partial charge in [-0.15, -0.1) is 0 Å². The highest BCUT2D eigenvalue weighted by Crippen LogP contribution is 2.37. The molecule has 0 radical (unpaired) electrons. The third-order valence-corrected chi connectivity index (χ3v) is 2.66. The molecule has 2 rings (SSSR count). The van der Waals surface area contributed by atoms with Gasteiger partial charge in [-0.05, 0) is 13.0 Å². The van der Waals surface area contributed by atoms with Crippen molar-refractivity contribution in [3.05, 3.63) is 33.3 Å². The van der Waals surface area contributed by atoms with Crippen LogP contribution in [0.2, 0.25) is 5.02 Å². The number of phenols is 1. The lowest BCUT2D eigenvalue weighted by atomic mass is 10.1. The normalized spacial score (nSPS) is 10.7. The van der Waals surface area contributed by atoms with Crippen molar-refractivity contribution < 1.29 is 14.3 Å². The molecule has 0 aliphatic heterocycles. The van der Waals surface area contributed by atoms with Gasteiger partial charge in [0.15, 0.2) is 0 Å². The van der Waals surface area contributed by atoms with Crippen molar-refractivity contribution in [1.29, 1.82) is 0 Å². The quantitative estimate of drug-likeness (QED) is 0.832. The number of methoxy groups -OCH3 is 1. The summed E-state index contributed by atoms with van der Waals surface area (Å²) in [5, 5.41) is 10.5. The number of hydrogen-bond acceptors (Lipinski definition) is 4. The Kier molecular flexibility index (Phi) is 2.52. The summed E-state index contributed by atoms with van der Waals surface area (Å²) < 4.78 is 9.87. The van der Waals surface area contributed by atoms with Gasteiger partial charge in [0.05, 0.1) is 12.1 Å². The van der Waals surface area contributed by atoms with Crippen molar-refractivity contribution in [2.45, 2.75) is 6.92 Å². The third-order valence-electron chi connectivity index (χ3n) is 2.27. The van der Waals surface area contributed by atoms with Crippen LogP contribution in [0.4, 0.5) is 0 Å². The van der Waals surface area contributed by atoms with Crippen molar-refractivity contribution in [2.24, 2.45) is 0 Å². The van der Waals surface area contributed by atoms with E-state index in [2.05, 4.69) is 0 Å². The molecule has 0 fully saturated rings. The molecule has 84 valence electrons. The lowest BCUT2D eigenvalue weighted by molar-refractivity contribution is 0.408. The Bertz CT molecular complexity index is 615. The van der Waals surface area contributed by atoms with E-state index in [0.29, 0.717) is 16.9 Å². The molecule has 0 amide bonds. The monoisotopic (exact) mass is 240 g/mol. The van der Waals surface area contributed by atoms with Gasteiger partial charge in [-0.25, -0.2) is 4.79 Å². The van der Waals surface area contributed by atoms with Crippen LogP contribution in [0.25, 0.3) is 10.8 Å². The Morgan fingerprint density at radius 2 is 2.12 bits per heavy atom. The zero-order chi connectivity index (χ0) is 11.9. The number of ether oxygens (including phenoxy) is 1. The molecule has 0 aliphatic rings. The second kappa shape index (κ2) is 3.72. The van der Waals surface area contributed by atoms with Crippen molar-refractivity contribution in [2.75, 3.05) is 7.11 Å². The number of aryl methyl sites for hydroxylation is 1. The third kappa shape index (κ3) is 1.51. The van der Waals surface area contributed by atoms with Crippen molar-refractivity contribution in [1.82, 2.24) is 0 Å². The highest BCUT2D eigenvalue weighted by atomic mass is 35.5. The minimum atomic E-state index is -0.614. The zero-order valence-electron chi connectivity index (χ0n) is 8.70. The molecule has 1 aromatic heterocycles. The summed E-state index contributed by atoms with van der Waals surface area (Å²) in [7, 11) is 1.44. The summed E-state index contributed by atoms with van der Waals surface area (Å²) in [6.07, 6.45) is 0. The lowest BCUT2D eigenvalue weighted by Crippen LogP contribution is -2.01. The van der Waals surface area contributed by atoms with E-state index in [1.54, 1.807) is 13.0 Å². The molecule has 16 heavy (non-hydrogen) atoms. The van der Waals surface area contributed by atoms with Crippen LogP contribution >= 0.6 is 11.6 Å². The van der Waals surface area contributed by atoms with Crippen LogP contribution in [0.1, 0.15) is 5.76 Å². The average Bonchev–Trinajstić information content (AvgIpc) is 2.22. The zero-order valence-corrected chi connectivity index (χ0v) is 9.46. The van der Waals surface area contributed by atoms with Gasteiger partial charge in [-0.2, -0.15) is 0 Å². The smallest absolute Gasteiger partial charge is 0.347 e. The van der Waals surface area contributed by atoms with Crippen LogP contribution < -0.4 is 10.4 Å². The molecule has 0 spiro atoms. The number of benzene rings is 1. The van der Waals surface area contributed by atoms with Crippen LogP contribution in [0.3, 0.4) is 0 Å². The van der Waals surface area contributed by atoms with Crippen LogP contribution in [0, 0.1) is 6.92 Å². The Labute approximate surface area is 96.0 Å². The molecule has 2 aromatic rings. The summed E-state index contributed by atoms with van der Waals surface area (Å²) >= 11 is 6.04. The first-order valence-electron chi connectivity index (χ1n) is 4.54. The number of fused-ring (bicyclic) bond motifs is 1. The van der Waals surface area contributed by atoms with Crippen molar-refractivity contribution >= 4 is 22.4 Å². The standard InChI is InChI=1S/C11H9ClO4/c1-5-3-6-9(11(14)16-5)7(13)4-8(15-2)10(6)12/h3-4,13H,1-2H3. The maximum absolute atomic E-state index is 11.5. The van der Waals surface area contributed by atoms with Gasteiger partial charge >= 0.3 is 5.63 Å². The fourth-order valence-corrected chi connectivity index (χ4v) is 1.85. The highest BCUT2D eigenvalue weighted by molar-refractivity contribution is 6.37. The van der Waals surface area contributed by atoms with Gasteiger partial charge in [0.2, 0.25) is 0 Å². The number of phenolic OH excluding ortho intramolecular Hbond substituents is 1. The van der Waals surface area contributed by atoms with E-state index in [-0.39, 0.29) is 16.2 Å². The van der Waals surface area contributed by atoms with Gasteiger partial charge in [-0.3, -0.25) is 0 Å². The molecule has 5 heteroatoms. The first kappa shape index (κ1) is 10.8.